The number of rotatable bonds is 5. The monoisotopic (exact) mass is 194 g/mol. The average molecular weight is 194 g/mol. The molecule has 0 heterocycles. The van der Waals surface area contributed by atoms with Gasteiger partial charge >= 0.3 is 0 Å². The van der Waals surface area contributed by atoms with Crippen LogP contribution < -0.4 is 0 Å². The van der Waals surface area contributed by atoms with Crippen LogP contribution in [0.15, 0.2) is 30.3 Å². The first-order chi connectivity index (χ1) is 6.38. The molecule has 1 rings (SSSR count). The Kier molecular flexibility index (Phi) is 4.99. The van der Waals surface area contributed by atoms with Crippen molar-refractivity contribution in [3.05, 3.63) is 35.9 Å². The van der Waals surface area contributed by atoms with Crippen molar-refractivity contribution in [2.75, 3.05) is 5.75 Å². The molecule has 1 aromatic carbocycles. The molecule has 0 fully saturated rings. The van der Waals surface area contributed by atoms with E-state index in [1.807, 2.05) is 0 Å². The minimum atomic E-state index is 0.705. The third kappa shape index (κ3) is 3.43. The van der Waals surface area contributed by atoms with Gasteiger partial charge < -0.3 is 0 Å². The van der Waals surface area contributed by atoms with E-state index < -0.39 is 0 Å². The highest BCUT2D eigenvalue weighted by Gasteiger charge is 2.08. The van der Waals surface area contributed by atoms with Gasteiger partial charge in [0.1, 0.15) is 0 Å². The average Bonchev–Trinajstić information content (AvgIpc) is 2.19. The zero-order valence-electron chi connectivity index (χ0n) is 8.49. The SMILES string of the molecule is CCCC(SCC)c1ccccc1. The number of thioether (sulfide) groups is 1. The van der Waals surface area contributed by atoms with E-state index in [9.17, 15) is 0 Å². The van der Waals surface area contributed by atoms with Crippen LogP contribution in [0.3, 0.4) is 0 Å². The van der Waals surface area contributed by atoms with Crippen molar-refractivity contribution in [2.45, 2.75) is 31.9 Å². The van der Waals surface area contributed by atoms with Gasteiger partial charge in [0.25, 0.3) is 0 Å². The number of benzene rings is 1. The molecule has 0 aliphatic carbocycles. The van der Waals surface area contributed by atoms with Gasteiger partial charge in [0.2, 0.25) is 0 Å². The zero-order chi connectivity index (χ0) is 9.52. The van der Waals surface area contributed by atoms with Gasteiger partial charge in [-0.05, 0) is 17.7 Å². The highest BCUT2D eigenvalue weighted by molar-refractivity contribution is 7.99. The molecule has 1 aromatic rings. The van der Waals surface area contributed by atoms with E-state index in [0.29, 0.717) is 5.25 Å². The van der Waals surface area contributed by atoms with E-state index >= 15 is 0 Å². The Hall–Kier alpha value is -0.430. The zero-order valence-corrected chi connectivity index (χ0v) is 9.31. The second-order valence-electron chi connectivity index (χ2n) is 3.14. The quantitative estimate of drug-likeness (QED) is 0.674. The van der Waals surface area contributed by atoms with Crippen molar-refractivity contribution in [1.82, 2.24) is 0 Å². The van der Waals surface area contributed by atoms with Gasteiger partial charge in [-0.3, -0.25) is 0 Å². The summed E-state index contributed by atoms with van der Waals surface area (Å²) < 4.78 is 0. The third-order valence-electron chi connectivity index (χ3n) is 2.09. The van der Waals surface area contributed by atoms with E-state index in [0.717, 1.165) is 0 Å². The van der Waals surface area contributed by atoms with Gasteiger partial charge in [-0.15, -0.1) is 0 Å². The summed E-state index contributed by atoms with van der Waals surface area (Å²) in [4.78, 5) is 0. The standard InChI is InChI=1S/C12H18S/c1-3-8-12(13-4-2)11-9-6-5-7-10-11/h5-7,9-10,12H,3-4,8H2,1-2H3. The lowest BCUT2D eigenvalue weighted by atomic mass is 10.1. The van der Waals surface area contributed by atoms with Gasteiger partial charge in [-0.1, -0.05) is 50.6 Å². The number of hydrogen-bond acceptors (Lipinski definition) is 1. The maximum Gasteiger partial charge on any atom is 0.0297 e. The van der Waals surface area contributed by atoms with Crippen molar-refractivity contribution in [2.24, 2.45) is 0 Å². The summed E-state index contributed by atoms with van der Waals surface area (Å²) in [7, 11) is 0. The van der Waals surface area contributed by atoms with Gasteiger partial charge in [-0.25, -0.2) is 0 Å². The summed E-state index contributed by atoms with van der Waals surface area (Å²) in [5, 5.41) is 0.705. The Balaban J connectivity index is 2.64. The molecule has 0 aliphatic heterocycles. The lowest BCUT2D eigenvalue weighted by Crippen LogP contribution is -1.93. The minimum absolute atomic E-state index is 0.705. The van der Waals surface area contributed by atoms with Gasteiger partial charge in [-0.2, -0.15) is 11.8 Å². The first kappa shape index (κ1) is 10.6. The maximum atomic E-state index is 2.26. The molecular weight excluding hydrogens is 176 g/mol. The molecule has 0 saturated carbocycles. The van der Waals surface area contributed by atoms with Crippen molar-refractivity contribution in [3.8, 4) is 0 Å². The molecule has 72 valence electrons. The second-order valence-corrected chi connectivity index (χ2v) is 4.62. The van der Waals surface area contributed by atoms with Crippen LogP contribution in [0.5, 0.6) is 0 Å². The molecule has 0 N–H and O–H groups in total. The molecule has 0 aromatic heterocycles. The van der Waals surface area contributed by atoms with Gasteiger partial charge in [0, 0.05) is 5.25 Å². The van der Waals surface area contributed by atoms with Crippen LogP contribution in [0.1, 0.15) is 37.5 Å². The minimum Gasteiger partial charge on any atom is -0.154 e. The van der Waals surface area contributed by atoms with E-state index in [4.69, 9.17) is 0 Å². The lowest BCUT2D eigenvalue weighted by Gasteiger charge is -2.14. The molecule has 0 nitrogen and oxygen atoms in total. The highest BCUT2D eigenvalue weighted by Crippen LogP contribution is 2.32. The summed E-state index contributed by atoms with van der Waals surface area (Å²) in [6.07, 6.45) is 2.56. The Labute approximate surface area is 85.7 Å². The summed E-state index contributed by atoms with van der Waals surface area (Å²) in [5.74, 6) is 1.21. The summed E-state index contributed by atoms with van der Waals surface area (Å²) >= 11 is 2.05. The molecule has 0 amide bonds. The Morgan fingerprint density at radius 1 is 1.15 bits per heavy atom. The third-order valence-corrected chi connectivity index (χ3v) is 3.33. The lowest BCUT2D eigenvalue weighted by molar-refractivity contribution is 0.778. The molecule has 0 bridgehead atoms. The maximum absolute atomic E-state index is 2.26. The molecule has 0 aliphatic rings. The van der Waals surface area contributed by atoms with Crippen LogP contribution in [-0.4, -0.2) is 5.75 Å². The molecule has 0 radical (unpaired) electrons. The Morgan fingerprint density at radius 2 is 1.85 bits per heavy atom. The molecule has 1 unspecified atom stereocenters. The molecule has 13 heavy (non-hydrogen) atoms. The van der Waals surface area contributed by atoms with Gasteiger partial charge in [0.05, 0.1) is 0 Å². The van der Waals surface area contributed by atoms with Crippen molar-refractivity contribution in [1.29, 1.82) is 0 Å². The van der Waals surface area contributed by atoms with E-state index in [2.05, 4.69) is 55.9 Å². The fourth-order valence-electron chi connectivity index (χ4n) is 1.48. The van der Waals surface area contributed by atoms with E-state index in [1.54, 1.807) is 0 Å². The van der Waals surface area contributed by atoms with Crippen LogP contribution in [0.2, 0.25) is 0 Å². The van der Waals surface area contributed by atoms with Crippen LogP contribution in [0, 0.1) is 0 Å². The molecular formula is C12H18S. The van der Waals surface area contributed by atoms with Gasteiger partial charge in [0.15, 0.2) is 0 Å². The van der Waals surface area contributed by atoms with Crippen LogP contribution in [-0.2, 0) is 0 Å². The first-order valence-electron chi connectivity index (χ1n) is 5.05. The highest BCUT2D eigenvalue weighted by atomic mass is 32.2. The van der Waals surface area contributed by atoms with Crippen LogP contribution >= 0.6 is 11.8 Å². The van der Waals surface area contributed by atoms with E-state index in [-0.39, 0.29) is 0 Å². The topological polar surface area (TPSA) is 0 Å². The van der Waals surface area contributed by atoms with Crippen molar-refractivity contribution < 1.29 is 0 Å². The molecule has 1 atom stereocenters. The van der Waals surface area contributed by atoms with Crippen molar-refractivity contribution >= 4 is 11.8 Å². The Morgan fingerprint density at radius 3 is 2.38 bits per heavy atom. The summed E-state index contributed by atoms with van der Waals surface area (Å²) in [6, 6.07) is 10.8. The van der Waals surface area contributed by atoms with Crippen molar-refractivity contribution in [3.63, 3.8) is 0 Å². The largest absolute Gasteiger partial charge is 0.154 e. The Bertz CT molecular complexity index is 212. The van der Waals surface area contributed by atoms with Crippen LogP contribution in [0.25, 0.3) is 0 Å². The predicted octanol–water partition coefficient (Wildman–Crippen LogP) is 4.28. The first-order valence-corrected chi connectivity index (χ1v) is 6.09. The second kappa shape index (κ2) is 6.09. The number of hydrogen-bond donors (Lipinski definition) is 0. The predicted molar refractivity (Wildman–Crippen MR) is 62.2 cm³/mol. The molecule has 1 heteroatoms. The normalized spacial score (nSPS) is 12.8. The van der Waals surface area contributed by atoms with E-state index in [1.165, 1.54) is 24.2 Å². The molecule has 0 spiro atoms. The fraction of sp³-hybridized carbons (Fsp3) is 0.500. The summed E-state index contributed by atoms with van der Waals surface area (Å²) in [5.41, 5.74) is 1.48. The smallest absolute Gasteiger partial charge is 0.0297 e. The summed E-state index contributed by atoms with van der Waals surface area (Å²) in [6.45, 7) is 4.49. The fourth-order valence-corrected chi connectivity index (χ4v) is 2.63. The molecule has 0 saturated heterocycles. The van der Waals surface area contributed by atoms with Crippen LogP contribution in [0.4, 0.5) is 0 Å².